The molecule has 4 nitrogen and oxygen atoms in total. The second-order valence-electron chi connectivity index (χ2n) is 5.91. The molecule has 1 aromatic heterocycles. The number of urea groups is 1. The number of aromatic nitrogens is 1. The summed E-state index contributed by atoms with van der Waals surface area (Å²) in [5.41, 5.74) is 1.60. The highest BCUT2D eigenvalue weighted by atomic mass is 32.1. The van der Waals surface area contributed by atoms with Crippen LogP contribution in [0.25, 0.3) is 10.1 Å². The van der Waals surface area contributed by atoms with Crippen LogP contribution in [-0.2, 0) is 0 Å². The Bertz CT molecular complexity index is 895. The van der Waals surface area contributed by atoms with Gasteiger partial charge in [-0.25, -0.2) is 9.18 Å². The fourth-order valence-corrected chi connectivity index (χ4v) is 3.84. The van der Waals surface area contributed by atoms with Gasteiger partial charge in [-0.15, -0.1) is 0 Å². The van der Waals surface area contributed by atoms with E-state index in [4.69, 9.17) is 0 Å². The van der Waals surface area contributed by atoms with E-state index in [0.29, 0.717) is 6.54 Å². The van der Waals surface area contributed by atoms with Crippen LogP contribution >= 0.6 is 11.5 Å². The summed E-state index contributed by atoms with van der Waals surface area (Å²) in [6.45, 7) is 0.676. The first-order chi connectivity index (χ1) is 11.7. The Morgan fingerprint density at radius 2 is 2.21 bits per heavy atom. The number of nitrogens with zero attached hydrogens (tertiary/aromatic N) is 2. The van der Waals surface area contributed by atoms with Crippen molar-refractivity contribution in [2.24, 2.45) is 0 Å². The van der Waals surface area contributed by atoms with Gasteiger partial charge in [0.25, 0.3) is 0 Å². The first-order valence-corrected chi connectivity index (χ1v) is 8.65. The maximum absolute atomic E-state index is 13.5. The van der Waals surface area contributed by atoms with E-state index in [1.807, 2.05) is 24.3 Å². The standard InChI is InChI=1S/C18H16FN3OS/c19-14-4-1-3-12(9-14)16-5-2-8-22(16)18(23)21-15-6-7-17-13(10-15)11-20-24-17/h1,3-4,6-7,9-11,16H,2,5,8H2,(H,21,23). The number of halogens is 1. The molecular formula is C18H16FN3OS. The zero-order valence-electron chi connectivity index (χ0n) is 12.9. The van der Waals surface area contributed by atoms with Gasteiger partial charge in [-0.2, -0.15) is 4.37 Å². The van der Waals surface area contributed by atoms with Crippen LogP contribution in [0.1, 0.15) is 24.4 Å². The van der Waals surface area contributed by atoms with Gasteiger partial charge in [0.1, 0.15) is 5.82 Å². The number of carbonyl (C=O) groups excluding carboxylic acids is 1. The first kappa shape index (κ1) is 15.1. The van der Waals surface area contributed by atoms with E-state index in [1.54, 1.807) is 17.2 Å². The average molecular weight is 341 g/mol. The maximum atomic E-state index is 13.5. The van der Waals surface area contributed by atoms with Crippen molar-refractivity contribution >= 4 is 33.3 Å². The van der Waals surface area contributed by atoms with Gasteiger partial charge in [-0.1, -0.05) is 12.1 Å². The molecule has 0 saturated carbocycles. The zero-order chi connectivity index (χ0) is 16.5. The van der Waals surface area contributed by atoms with E-state index in [-0.39, 0.29) is 17.9 Å². The fraction of sp³-hybridized carbons (Fsp3) is 0.222. The lowest BCUT2D eigenvalue weighted by Crippen LogP contribution is -2.34. The first-order valence-electron chi connectivity index (χ1n) is 7.88. The Morgan fingerprint density at radius 1 is 1.29 bits per heavy atom. The van der Waals surface area contributed by atoms with Crippen molar-refractivity contribution in [2.45, 2.75) is 18.9 Å². The lowest BCUT2D eigenvalue weighted by atomic mass is 10.0. The third-order valence-corrected chi connectivity index (χ3v) is 5.13. The lowest BCUT2D eigenvalue weighted by molar-refractivity contribution is 0.207. The molecule has 2 amide bonds. The summed E-state index contributed by atoms with van der Waals surface area (Å²) in [6.07, 6.45) is 3.56. The molecule has 0 radical (unpaired) electrons. The highest BCUT2D eigenvalue weighted by Gasteiger charge is 2.30. The number of benzene rings is 2. The van der Waals surface area contributed by atoms with Gasteiger partial charge in [0, 0.05) is 23.8 Å². The van der Waals surface area contributed by atoms with Crippen LogP contribution in [0.5, 0.6) is 0 Å². The number of fused-ring (bicyclic) bond motifs is 1. The molecule has 1 atom stereocenters. The quantitative estimate of drug-likeness (QED) is 0.727. The Kier molecular flexibility index (Phi) is 3.90. The summed E-state index contributed by atoms with van der Waals surface area (Å²) >= 11 is 1.43. The molecule has 122 valence electrons. The molecule has 1 N–H and O–H groups in total. The topological polar surface area (TPSA) is 45.2 Å². The Balaban J connectivity index is 1.54. The Labute approximate surface area is 143 Å². The summed E-state index contributed by atoms with van der Waals surface area (Å²) in [6, 6.07) is 12.0. The predicted molar refractivity (Wildman–Crippen MR) is 93.7 cm³/mol. The average Bonchev–Trinajstić information content (AvgIpc) is 3.23. The number of likely N-dealkylation sites (tertiary alicyclic amines) is 1. The second kappa shape index (κ2) is 6.20. The van der Waals surface area contributed by atoms with Gasteiger partial charge in [0.15, 0.2) is 0 Å². The van der Waals surface area contributed by atoms with E-state index in [0.717, 1.165) is 34.2 Å². The number of hydrogen-bond donors (Lipinski definition) is 1. The van der Waals surface area contributed by atoms with E-state index >= 15 is 0 Å². The molecule has 0 bridgehead atoms. The third-order valence-electron chi connectivity index (χ3n) is 4.35. The predicted octanol–water partition coefficient (Wildman–Crippen LogP) is 4.80. The van der Waals surface area contributed by atoms with Crippen LogP contribution in [-0.4, -0.2) is 21.8 Å². The number of amides is 2. The number of anilines is 1. The van der Waals surface area contributed by atoms with Crippen molar-refractivity contribution < 1.29 is 9.18 Å². The third kappa shape index (κ3) is 2.85. The number of nitrogens with one attached hydrogen (secondary N) is 1. The van der Waals surface area contributed by atoms with Gasteiger partial charge in [0.05, 0.1) is 10.7 Å². The Hall–Kier alpha value is -2.47. The molecule has 1 aliphatic rings. The van der Waals surface area contributed by atoms with Gasteiger partial charge in [-0.3, -0.25) is 0 Å². The van der Waals surface area contributed by atoms with Crippen LogP contribution < -0.4 is 5.32 Å². The molecule has 2 aromatic carbocycles. The fourth-order valence-electron chi connectivity index (χ4n) is 3.22. The summed E-state index contributed by atoms with van der Waals surface area (Å²) in [7, 11) is 0. The minimum absolute atomic E-state index is 0.0766. The van der Waals surface area contributed by atoms with Crippen molar-refractivity contribution in [3.63, 3.8) is 0 Å². The highest BCUT2D eigenvalue weighted by molar-refractivity contribution is 7.13. The molecule has 4 rings (SSSR count). The largest absolute Gasteiger partial charge is 0.322 e. The van der Waals surface area contributed by atoms with Crippen molar-refractivity contribution in [1.29, 1.82) is 0 Å². The molecule has 1 fully saturated rings. The second-order valence-corrected chi connectivity index (χ2v) is 6.75. The smallest absolute Gasteiger partial charge is 0.317 e. The minimum atomic E-state index is -0.268. The minimum Gasteiger partial charge on any atom is -0.317 e. The molecule has 6 heteroatoms. The lowest BCUT2D eigenvalue weighted by Gasteiger charge is -2.25. The van der Waals surface area contributed by atoms with Gasteiger partial charge in [0.2, 0.25) is 0 Å². The van der Waals surface area contributed by atoms with Gasteiger partial charge >= 0.3 is 6.03 Å². The monoisotopic (exact) mass is 341 g/mol. The molecule has 0 spiro atoms. The van der Waals surface area contributed by atoms with Crippen molar-refractivity contribution in [3.05, 3.63) is 60.0 Å². The summed E-state index contributed by atoms with van der Waals surface area (Å²) in [5.74, 6) is -0.268. The van der Waals surface area contributed by atoms with Crippen LogP contribution in [0, 0.1) is 5.82 Å². The van der Waals surface area contributed by atoms with Crippen molar-refractivity contribution in [2.75, 3.05) is 11.9 Å². The number of carbonyl (C=O) groups is 1. The van der Waals surface area contributed by atoms with Crippen molar-refractivity contribution in [1.82, 2.24) is 9.27 Å². The van der Waals surface area contributed by atoms with Crippen LogP contribution in [0.3, 0.4) is 0 Å². The number of rotatable bonds is 2. The van der Waals surface area contributed by atoms with E-state index in [9.17, 15) is 9.18 Å². The maximum Gasteiger partial charge on any atom is 0.322 e. The van der Waals surface area contributed by atoms with E-state index in [2.05, 4.69) is 9.69 Å². The SMILES string of the molecule is O=C(Nc1ccc2sncc2c1)N1CCCC1c1cccc(F)c1. The molecule has 1 saturated heterocycles. The van der Waals surface area contributed by atoms with Crippen molar-refractivity contribution in [3.8, 4) is 0 Å². The highest BCUT2D eigenvalue weighted by Crippen LogP contribution is 2.33. The molecule has 3 aromatic rings. The number of hydrogen-bond acceptors (Lipinski definition) is 3. The van der Waals surface area contributed by atoms with Gasteiger partial charge < -0.3 is 10.2 Å². The van der Waals surface area contributed by atoms with E-state index < -0.39 is 0 Å². The van der Waals surface area contributed by atoms with Crippen LogP contribution in [0.2, 0.25) is 0 Å². The molecular weight excluding hydrogens is 325 g/mol. The van der Waals surface area contributed by atoms with Crippen LogP contribution in [0.4, 0.5) is 14.9 Å². The van der Waals surface area contributed by atoms with Gasteiger partial charge in [-0.05, 0) is 60.3 Å². The zero-order valence-corrected chi connectivity index (χ0v) is 13.7. The van der Waals surface area contributed by atoms with Crippen LogP contribution in [0.15, 0.2) is 48.7 Å². The molecule has 24 heavy (non-hydrogen) atoms. The molecule has 1 unspecified atom stereocenters. The summed E-state index contributed by atoms with van der Waals surface area (Å²) in [4.78, 5) is 14.4. The molecule has 1 aliphatic heterocycles. The summed E-state index contributed by atoms with van der Waals surface area (Å²) in [5, 5.41) is 3.96. The molecule has 2 heterocycles. The summed E-state index contributed by atoms with van der Waals surface area (Å²) < 4.78 is 18.7. The molecule has 0 aliphatic carbocycles. The normalized spacial score (nSPS) is 17.4. The Morgan fingerprint density at radius 3 is 3.08 bits per heavy atom. The van der Waals surface area contributed by atoms with E-state index in [1.165, 1.54) is 23.7 Å².